The summed E-state index contributed by atoms with van der Waals surface area (Å²) in [7, 11) is 0. The Balaban J connectivity index is 2.53. The van der Waals surface area contributed by atoms with Gasteiger partial charge >= 0.3 is 0 Å². The predicted octanol–water partition coefficient (Wildman–Crippen LogP) is 2.68. The monoisotopic (exact) mass is 266 g/mol. The number of amides is 1. The fourth-order valence-corrected chi connectivity index (χ4v) is 1.75. The molecule has 1 aromatic carbocycles. The minimum Gasteiger partial charge on any atom is -0.351 e. The fraction of sp³-hybridized carbons (Fsp3) is 0.357. The van der Waals surface area contributed by atoms with Gasteiger partial charge in [-0.1, -0.05) is 29.8 Å². The molecule has 2 atom stereocenters. The zero-order chi connectivity index (χ0) is 13.5. The highest BCUT2D eigenvalue weighted by atomic mass is 35.5. The fourth-order valence-electron chi connectivity index (χ4n) is 1.62. The number of benzene rings is 1. The van der Waals surface area contributed by atoms with Crippen molar-refractivity contribution in [3.8, 4) is 0 Å². The van der Waals surface area contributed by atoms with Crippen LogP contribution in [0.25, 0.3) is 0 Å². The van der Waals surface area contributed by atoms with Crippen LogP contribution in [0.3, 0.4) is 0 Å². The van der Waals surface area contributed by atoms with Gasteiger partial charge in [0, 0.05) is 17.6 Å². The standard InChI is InChI=1S/C14H19ClN2O/c1-4-9-16-14(18)11(3)17-10(2)12-5-7-13(15)8-6-12/h4-8,10-11,17H,1,9H2,2-3H3,(H,16,18)/t10-,11?/m1/s1. The quantitative estimate of drug-likeness (QED) is 0.778. The van der Waals surface area contributed by atoms with Gasteiger partial charge in [-0.3, -0.25) is 10.1 Å². The van der Waals surface area contributed by atoms with Crippen LogP contribution < -0.4 is 10.6 Å². The highest BCUT2D eigenvalue weighted by Gasteiger charge is 2.15. The zero-order valence-corrected chi connectivity index (χ0v) is 11.5. The zero-order valence-electron chi connectivity index (χ0n) is 10.7. The van der Waals surface area contributed by atoms with Crippen LogP contribution in [0.1, 0.15) is 25.5 Å². The number of hydrogen-bond acceptors (Lipinski definition) is 2. The number of nitrogens with one attached hydrogen (secondary N) is 2. The van der Waals surface area contributed by atoms with Gasteiger partial charge in [-0.15, -0.1) is 6.58 Å². The van der Waals surface area contributed by atoms with Crippen LogP contribution in [0.5, 0.6) is 0 Å². The smallest absolute Gasteiger partial charge is 0.237 e. The summed E-state index contributed by atoms with van der Waals surface area (Å²) in [4.78, 5) is 11.7. The maximum absolute atomic E-state index is 11.7. The maximum atomic E-state index is 11.7. The van der Waals surface area contributed by atoms with Crippen LogP contribution >= 0.6 is 11.6 Å². The number of hydrogen-bond donors (Lipinski definition) is 2. The predicted molar refractivity (Wildman–Crippen MR) is 75.7 cm³/mol. The Morgan fingerprint density at radius 2 is 2.00 bits per heavy atom. The molecule has 1 unspecified atom stereocenters. The highest BCUT2D eigenvalue weighted by Crippen LogP contribution is 2.16. The molecule has 0 fully saturated rings. The molecule has 0 saturated heterocycles. The molecule has 3 nitrogen and oxygen atoms in total. The molecule has 18 heavy (non-hydrogen) atoms. The van der Waals surface area contributed by atoms with Crippen molar-refractivity contribution < 1.29 is 4.79 Å². The Morgan fingerprint density at radius 3 is 2.56 bits per heavy atom. The summed E-state index contributed by atoms with van der Waals surface area (Å²) in [6.07, 6.45) is 1.66. The van der Waals surface area contributed by atoms with Gasteiger partial charge in [0.2, 0.25) is 5.91 Å². The number of halogens is 1. The SMILES string of the molecule is C=CCNC(=O)C(C)N[C@H](C)c1ccc(Cl)cc1. The van der Waals surface area contributed by atoms with E-state index in [0.29, 0.717) is 11.6 Å². The first-order valence-electron chi connectivity index (χ1n) is 5.94. The Hall–Kier alpha value is -1.32. The van der Waals surface area contributed by atoms with Crippen molar-refractivity contribution >= 4 is 17.5 Å². The largest absolute Gasteiger partial charge is 0.351 e. The van der Waals surface area contributed by atoms with Gasteiger partial charge in [-0.25, -0.2) is 0 Å². The minimum atomic E-state index is -0.254. The molecule has 2 N–H and O–H groups in total. The van der Waals surface area contributed by atoms with Crippen LogP contribution in [-0.4, -0.2) is 18.5 Å². The van der Waals surface area contributed by atoms with E-state index >= 15 is 0 Å². The van der Waals surface area contributed by atoms with Gasteiger partial charge < -0.3 is 5.32 Å². The van der Waals surface area contributed by atoms with E-state index < -0.39 is 0 Å². The molecule has 0 bridgehead atoms. The molecule has 0 aromatic heterocycles. The van der Waals surface area contributed by atoms with Crippen LogP contribution in [0.2, 0.25) is 5.02 Å². The molecule has 0 heterocycles. The summed E-state index contributed by atoms with van der Waals surface area (Å²) in [5.74, 6) is -0.0317. The van der Waals surface area contributed by atoms with Crippen molar-refractivity contribution in [1.82, 2.24) is 10.6 Å². The molecule has 1 amide bonds. The molecule has 1 rings (SSSR count). The summed E-state index contributed by atoms with van der Waals surface area (Å²) < 4.78 is 0. The van der Waals surface area contributed by atoms with Crippen molar-refractivity contribution in [3.63, 3.8) is 0 Å². The maximum Gasteiger partial charge on any atom is 0.237 e. The van der Waals surface area contributed by atoms with Gasteiger partial charge in [0.25, 0.3) is 0 Å². The molecule has 0 aliphatic heterocycles. The van der Waals surface area contributed by atoms with Crippen LogP contribution in [0, 0.1) is 0 Å². The molecule has 0 aliphatic carbocycles. The third-order valence-corrected chi connectivity index (χ3v) is 2.94. The molecule has 0 saturated carbocycles. The second-order valence-electron chi connectivity index (χ2n) is 4.20. The van der Waals surface area contributed by atoms with E-state index in [-0.39, 0.29) is 18.0 Å². The Bertz CT molecular complexity index is 403. The van der Waals surface area contributed by atoms with Crippen molar-refractivity contribution in [1.29, 1.82) is 0 Å². The van der Waals surface area contributed by atoms with Gasteiger partial charge in [0.15, 0.2) is 0 Å². The molecule has 1 aromatic rings. The van der Waals surface area contributed by atoms with Gasteiger partial charge in [-0.05, 0) is 31.5 Å². The number of carbonyl (C=O) groups excluding carboxylic acids is 1. The van der Waals surface area contributed by atoms with Crippen molar-refractivity contribution in [2.24, 2.45) is 0 Å². The lowest BCUT2D eigenvalue weighted by Crippen LogP contribution is -2.43. The van der Waals surface area contributed by atoms with Crippen molar-refractivity contribution in [2.45, 2.75) is 25.9 Å². The van der Waals surface area contributed by atoms with E-state index in [1.165, 1.54) is 0 Å². The summed E-state index contributed by atoms with van der Waals surface area (Å²) in [5, 5.41) is 6.70. The minimum absolute atomic E-state index is 0.0317. The number of rotatable bonds is 6. The van der Waals surface area contributed by atoms with Gasteiger partial charge in [-0.2, -0.15) is 0 Å². The first-order valence-corrected chi connectivity index (χ1v) is 6.32. The summed E-state index contributed by atoms with van der Waals surface area (Å²) in [5.41, 5.74) is 1.10. The van der Waals surface area contributed by atoms with E-state index in [2.05, 4.69) is 17.2 Å². The molecule has 0 aliphatic rings. The lowest BCUT2D eigenvalue weighted by atomic mass is 10.1. The first kappa shape index (κ1) is 14.7. The highest BCUT2D eigenvalue weighted by molar-refractivity contribution is 6.30. The summed E-state index contributed by atoms with van der Waals surface area (Å²) in [6.45, 7) is 7.90. The lowest BCUT2D eigenvalue weighted by molar-refractivity contribution is -0.122. The Morgan fingerprint density at radius 1 is 1.39 bits per heavy atom. The van der Waals surface area contributed by atoms with Crippen molar-refractivity contribution in [2.75, 3.05) is 6.54 Å². The van der Waals surface area contributed by atoms with Gasteiger partial charge in [0.1, 0.15) is 0 Å². The van der Waals surface area contributed by atoms with Crippen LogP contribution in [-0.2, 0) is 4.79 Å². The van der Waals surface area contributed by atoms with E-state index in [1.54, 1.807) is 6.08 Å². The molecule has 0 radical (unpaired) electrons. The number of carbonyl (C=O) groups is 1. The third kappa shape index (κ3) is 4.51. The molecular weight excluding hydrogens is 248 g/mol. The summed E-state index contributed by atoms with van der Waals surface area (Å²) in [6, 6.07) is 7.43. The van der Waals surface area contributed by atoms with E-state index in [1.807, 2.05) is 38.1 Å². The Labute approximate surface area is 113 Å². The van der Waals surface area contributed by atoms with E-state index in [4.69, 9.17) is 11.6 Å². The second-order valence-corrected chi connectivity index (χ2v) is 4.63. The van der Waals surface area contributed by atoms with Crippen LogP contribution in [0.4, 0.5) is 0 Å². The third-order valence-electron chi connectivity index (χ3n) is 2.68. The van der Waals surface area contributed by atoms with Gasteiger partial charge in [0.05, 0.1) is 6.04 Å². The van der Waals surface area contributed by atoms with Crippen molar-refractivity contribution in [3.05, 3.63) is 47.5 Å². The van der Waals surface area contributed by atoms with E-state index in [9.17, 15) is 4.79 Å². The van der Waals surface area contributed by atoms with Crippen LogP contribution in [0.15, 0.2) is 36.9 Å². The average molecular weight is 267 g/mol. The average Bonchev–Trinajstić information content (AvgIpc) is 2.36. The molecule has 4 heteroatoms. The lowest BCUT2D eigenvalue weighted by Gasteiger charge is -2.19. The van der Waals surface area contributed by atoms with E-state index in [0.717, 1.165) is 5.56 Å². The topological polar surface area (TPSA) is 41.1 Å². The Kier molecular flexibility index (Phi) is 5.89. The molecular formula is C14H19ClN2O. The second kappa shape index (κ2) is 7.19. The molecule has 0 spiro atoms. The molecule has 98 valence electrons. The normalized spacial score (nSPS) is 13.7. The summed E-state index contributed by atoms with van der Waals surface area (Å²) >= 11 is 5.84. The first-order chi connectivity index (χ1) is 8.54.